The maximum Gasteiger partial charge on any atom is 0.270 e. The van der Waals surface area contributed by atoms with Gasteiger partial charge in [0.1, 0.15) is 5.75 Å². The van der Waals surface area contributed by atoms with E-state index in [9.17, 15) is 14.4 Å². The standard InChI is InChI=1S/C33H52N4O5/c1-7-8-10-25(17-22(2)3)35-30(38)23-18-24(21-34-20-23)31(39)37(26-11-12-26)27-13-14-29-28(19-27)36(15-9-16-41-6)32(40)33(4,5)42-29/h13-14,19,22-26,34H,7-12,15-18,20-21H2,1-6H3,(H,35,38)/t23-,24+,25?/m0/s1. The highest BCUT2D eigenvalue weighted by molar-refractivity contribution is 6.04. The molecule has 3 amide bonds. The van der Waals surface area contributed by atoms with E-state index in [0.717, 1.165) is 44.2 Å². The summed E-state index contributed by atoms with van der Waals surface area (Å²) in [6.45, 7) is 12.3. The Hall–Kier alpha value is -2.65. The lowest BCUT2D eigenvalue weighted by atomic mass is 9.88. The summed E-state index contributed by atoms with van der Waals surface area (Å²) in [6.07, 6.45) is 7.28. The molecular weight excluding hydrogens is 532 g/mol. The van der Waals surface area contributed by atoms with E-state index in [-0.39, 0.29) is 41.6 Å². The maximum atomic E-state index is 14.1. The maximum absolute atomic E-state index is 14.1. The van der Waals surface area contributed by atoms with Crippen LogP contribution in [0.1, 0.15) is 86.0 Å². The molecular formula is C33H52N4O5. The van der Waals surface area contributed by atoms with Gasteiger partial charge in [0.25, 0.3) is 5.91 Å². The molecule has 1 aliphatic carbocycles. The van der Waals surface area contributed by atoms with Crippen LogP contribution in [0.25, 0.3) is 0 Å². The van der Waals surface area contributed by atoms with Gasteiger partial charge in [-0.15, -0.1) is 0 Å². The minimum atomic E-state index is -0.971. The number of unbranched alkanes of at least 4 members (excludes halogenated alkanes) is 1. The van der Waals surface area contributed by atoms with E-state index in [1.165, 1.54) is 0 Å². The first-order chi connectivity index (χ1) is 20.1. The number of methoxy groups -OCH3 is 1. The van der Waals surface area contributed by atoms with Gasteiger partial charge in [-0.05, 0) is 76.5 Å². The van der Waals surface area contributed by atoms with E-state index < -0.39 is 5.60 Å². The van der Waals surface area contributed by atoms with Crippen molar-refractivity contribution in [2.75, 3.05) is 43.2 Å². The molecule has 0 aromatic heterocycles. The number of anilines is 2. The molecule has 9 nitrogen and oxygen atoms in total. The van der Waals surface area contributed by atoms with Gasteiger partial charge in [0.05, 0.1) is 17.5 Å². The summed E-state index contributed by atoms with van der Waals surface area (Å²) in [7, 11) is 1.65. The Morgan fingerprint density at radius 1 is 1.19 bits per heavy atom. The van der Waals surface area contributed by atoms with Crippen molar-refractivity contribution in [1.82, 2.24) is 10.6 Å². The molecule has 2 N–H and O–H groups in total. The normalized spacial score (nSPS) is 22.4. The van der Waals surface area contributed by atoms with Crippen LogP contribution >= 0.6 is 0 Å². The number of carbonyl (C=O) groups excluding carboxylic acids is 3. The number of carbonyl (C=O) groups is 3. The lowest BCUT2D eigenvalue weighted by molar-refractivity contribution is -0.132. The molecule has 0 spiro atoms. The van der Waals surface area contributed by atoms with Gasteiger partial charge in [-0.1, -0.05) is 33.6 Å². The molecule has 1 aromatic carbocycles. The number of amides is 3. The van der Waals surface area contributed by atoms with Crippen molar-refractivity contribution >= 4 is 29.1 Å². The van der Waals surface area contributed by atoms with E-state index in [1.807, 2.05) is 23.1 Å². The first-order valence-electron chi connectivity index (χ1n) is 16.0. The van der Waals surface area contributed by atoms with Crippen LogP contribution in [0.5, 0.6) is 5.75 Å². The largest absolute Gasteiger partial charge is 0.476 e. The Bertz CT molecular complexity index is 1100. The Morgan fingerprint density at radius 3 is 2.60 bits per heavy atom. The SMILES string of the molecule is CCCCC(CC(C)C)NC(=O)[C@@H]1CNC[C@H](C(=O)N(c2ccc3c(c2)N(CCCOC)C(=O)C(C)(C)O3)C2CC2)C1. The molecule has 1 unspecified atom stereocenters. The molecule has 42 heavy (non-hydrogen) atoms. The molecule has 1 saturated heterocycles. The Labute approximate surface area is 252 Å². The predicted molar refractivity (Wildman–Crippen MR) is 166 cm³/mol. The number of nitrogens with one attached hydrogen (secondary N) is 2. The number of ether oxygens (including phenoxy) is 2. The lowest BCUT2D eigenvalue weighted by Crippen LogP contribution is -2.53. The van der Waals surface area contributed by atoms with Gasteiger partial charge in [-0.2, -0.15) is 0 Å². The smallest absolute Gasteiger partial charge is 0.270 e. The first kappa shape index (κ1) is 32.3. The second-order valence-corrected chi connectivity index (χ2v) is 13.3. The average Bonchev–Trinajstić information content (AvgIpc) is 3.79. The minimum Gasteiger partial charge on any atom is -0.476 e. The summed E-state index contributed by atoms with van der Waals surface area (Å²) >= 11 is 0. The van der Waals surface area contributed by atoms with Gasteiger partial charge in [0, 0.05) is 51.1 Å². The van der Waals surface area contributed by atoms with Gasteiger partial charge in [0.2, 0.25) is 11.8 Å². The van der Waals surface area contributed by atoms with E-state index in [0.29, 0.717) is 56.4 Å². The van der Waals surface area contributed by atoms with Crippen molar-refractivity contribution in [3.05, 3.63) is 18.2 Å². The van der Waals surface area contributed by atoms with Crippen LogP contribution in [0, 0.1) is 17.8 Å². The summed E-state index contributed by atoms with van der Waals surface area (Å²) in [5, 5.41) is 6.69. The molecule has 3 atom stereocenters. The van der Waals surface area contributed by atoms with Gasteiger partial charge in [-0.3, -0.25) is 14.4 Å². The van der Waals surface area contributed by atoms with Crippen LogP contribution < -0.4 is 25.2 Å². The zero-order chi connectivity index (χ0) is 30.4. The predicted octanol–water partition coefficient (Wildman–Crippen LogP) is 4.67. The summed E-state index contributed by atoms with van der Waals surface area (Å²) in [5.74, 6) is 0.613. The van der Waals surface area contributed by atoms with Crippen LogP contribution in [0.15, 0.2) is 18.2 Å². The summed E-state index contributed by atoms with van der Waals surface area (Å²) in [6, 6.07) is 6.04. The Morgan fingerprint density at radius 2 is 1.93 bits per heavy atom. The molecule has 0 bridgehead atoms. The third kappa shape index (κ3) is 7.84. The monoisotopic (exact) mass is 584 g/mol. The number of hydrogen-bond acceptors (Lipinski definition) is 6. The van der Waals surface area contributed by atoms with E-state index in [1.54, 1.807) is 25.9 Å². The van der Waals surface area contributed by atoms with Gasteiger partial charge >= 0.3 is 0 Å². The van der Waals surface area contributed by atoms with Gasteiger partial charge < -0.3 is 29.9 Å². The molecule has 4 rings (SSSR count). The van der Waals surface area contributed by atoms with Crippen molar-refractivity contribution in [3.8, 4) is 5.75 Å². The number of nitrogens with zero attached hydrogens (tertiary/aromatic N) is 2. The highest BCUT2D eigenvalue weighted by Gasteiger charge is 2.43. The molecule has 2 aliphatic heterocycles. The van der Waals surface area contributed by atoms with Crippen LogP contribution in [-0.4, -0.2) is 68.8 Å². The number of benzene rings is 1. The van der Waals surface area contributed by atoms with E-state index in [2.05, 4.69) is 31.4 Å². The lowest BCUT2D eigenvalue weighted by Gasteiger charge is -2.40. The van der Waals surface area contributed by atoms with Crippen LogP contribution in [0.2, 0.25) is 0 Å². The van der Waals surface area contributed by atoms with Crippen molar-refractivity contribution in [2.45, 2.75) is 104 Å². The molecule has 1 saturated carbocycles. The molecule has 9 heteroatoms. The Balaban J connectivity index is 1.51. The van der Waals surface area contributed by atoms with E-state index >= 15 is 0 Å². The van der Waals surface area contributed by atoms with Gasteiger partial charge in [0.15, 0.2) is 5.60 Å². The van der Waals surface area contributed by atoms with Crippen molar-refractivity contribution in [3.63, 3.8) is 0 Å². The Kier molecular flexibility index (Phi) is 10.9. The second-order valence-electron chi connectivity index (χ2n) is 13.3. The zero-order valence-electron chi connectivity index (χ0n) is 26.5. The highest BCUT2D eigenvalue weighted by Crippen LogP contribution is 2.43. The number of piperidine rings is 1. The third-order valence-electron chi connectivity index (χ3n) is 8.60. The topological polar surface area (TPSA) is 100 Å². The quantitative estimate of drug-likeness (QED) is 0.309. The fourth-order valence-electron chi connectivity index (χ4n) is 6.26. The molecule has 2 heterocycles. The van der Waals surface area contributed by atoms with Crippen LogP contribution in [0.4, 0.5) is 11.4 Å². The minimum absolute atomic E-state index is 0.0430. The number of rotatable bonds is 14. The second kappa shape index (κ2) is 14.2. The van der Waals surface area contributed by atoms with Crippen molar-refractivity contribution in [1.29, 1.82) is 0 Å². The summed E-state index contributed by atoms with van der Waals surface area (Å²) in [5.41, 5.74) is 0.493. The molecule has 0 radical (unpaired) electrons. The van der Waals surface area contributed by atoms with Gasteiger partial charge in [-0.25, -0.2) is 0 Å². The number of hydrogen-bond donors (Lipinski definition) is 2. The highest BCUT2D eigenvalue weighted by atomic mass is 16.5. The molecule has 2 fully saturated rings. The molecule has 3 aliphatic rings. The first-order valence-corrected chi connectivity index (χ1v) is 16.0. The summed E-state index contributed by atoms with van der Waals surface area (Å²) < 4.78 is 11.3. The van der Waals surface area contributed by atoms with Crippen LogP contribution in [0.3, 0.4) is 0 Å². The number of fused-ring (bicyclic) bond motifs is 1. The van der Waals surface area contributed by atoms with Crippen LogP contribution in [-0.2, 0) is 19.1 Å². The zero-order valence-corrected chi connectivity index (χ0v) is 26.5. The molecule has 1 aromatic rings. The third-order valence-corrected chi connectivity index (χ3v) is 8.60. The summed E-state index contributed by atoms with van der Waals surface area (Å²) in [4.78, 5) is 44.5. The van der Waals surface area contributed by atoms with E-state index in [4.69, 9.17) is 9.47 Å². The van der Waals surface area contributed by atoms with Crippen molar-refractivity contribution in [2.24, 2.45) is 17.8 Å². The average molecular weight is 585 g/mol. The van der Waals surface area contributed by atoms with Crippen molar-refractivity contribution < 1.29 is 23.9 Å². The fourth-order valence-corrected chi connectivity index (χ4v) is 6.26. The molecule has 234 valence electrons. The fraction of sp³-hybridized carbons (Fsp3) is 0.727.